The molecule has 0 N–H and O–H groups in total. The third-order valence-electron chi connectivity index (χ3n) is 2.68. The SMILES string of the molecule is CCC(CCC(C)=O)c1ccccc1Cl. The smallest absolute Gasteiger partial charge is 0.129 e. The monoisotopic (exact) mass is 224 g/mol. The molecule has 0 bridgehead atoms. The lowest BCUT2D eigenvalue weighted by Crippen LogP contribution is -2.01. The molecule has 1 nitrogen and oxygen atoms in total. The van der Waals surface area contributed by atoms with Gasteiger partial charge in [-0.2, -0.15) is 0 Å². The molecule has 1 rings (SSSR count). The molecule has 0 spiro atoms. The molecule has 15 heavy (non-hydrogen) atoms. The van der Waals surface area contributed by atoms with E-state index in [0.29, 0.717) is 12.3 Å². The van der Waals surface area contributed by atoms with E-state index in [9.17, 15) is 4.79 Å². The lowest BCUT2D eigenvalue weighted by atomic mass is 9.91. The summed E-state index contributed by atoms with van der Waals surface area (Å²) in [7, 11) is 0. The molecule has 0 saturated heterocycles. The van der Waals surface area contributed by atoms with Gasteiger partial charge in [-0.3, -0.25) is 0 Å². The van der Waals surface area contributed by atoms with E-state index in [-0.39, 0.29) is 5.78 Å². The standard InChI is InChI=1S/C13H17ClO/c1-3-11(9-8-10(2)15)12-6-4-5-7-13(12)14/h4-7,11H,3,8-9H2,1-2H3. The van der Waals surface area contributed by atoms with Gasteiger partial charge in [-0.05, 0) is 37.3 Å². The first kappa shape index (κ1) is 12.3. The Morgan fingerprint density at radius 2 is 2.07 bits per heavy atom. The van der Waals surface area contributed by atoms with Gasteiger partial charge < -0.3 is 4.79 Å². The maximum absolute atomic E-state index is 10.9. The van der Waals surface area contributed by atoms with Crippen molar-refractivity contribution in [2.24, 2.45) is 0 Å². The maximum Gasteiger partial charge on any atom is 0.129 e. The van der Waals surface area contributed by atoms with Gasteiger partial charge in [0.25, 0.3) is 0 Å². The average molecular weight is 225 g/mol. The van der Waals surface area contributed by atoms with E-state index < -0.39 is 0 Å². The number of ketones is 1. The Morgan fingerprint density at radius 3 is 2.60 bits per heavy atom. The first-order chi connectivity index (χ1) is 7.15. The van der Waals surface area contributed by atoms with Gasteiger partial charge in [0.05, 0.1) is 0 Å². The summed E-state index contributed by atoms with van der Waals surface area (Å²) in [6, 6.07) is 7.89. The molecule has 0 radical (unpaired) electrons. The molecule has 1 aromatic rings. The van der Waals surface area contributed by atoms with Gasteiger partial charge in [0, 0.05) is 11.4 Å². The van der Waals surface area contributed by atoms with Crippen LogP contribution in [0.3, 0.4) is 0 Å². The molecule has 0 aliphatic heterocycles. The molecule has 0 fully saturated rings. The Balaban J connectivity index is 2.74. The zero-order chi connectivity index (χ0) is 11.3. The highest BCUT2D eigenvalue weighted by atomic mass is 35.5. The fourth-order valence-corrected chi connectivity index (χ4v) is 2.05. The normalized spacial score (nSPS) is 12.5. The molecule has 0 saturated carbocycles. The highest BCUT2D eigenvalue weighted by Gasteiger charge is 2.12. The van der Waals surface area contributed by atoms with Crippen LogP contribution in [0.25, 0.3) is 0 Å². The molecular formula is C13H17ClO. The first-order valence-electron chi connectivity index (χ1n) is 5.39. The minimum Gasteiger partial charge on any atom is -0.300 e. The predicted octanol–water partition coefficient (Wildman–Crippen LogP) is 4.20. The second-order valence-corrected chi connectivity index (χ2v) is 4.27. The molecule has 1 aromatic carbocycles. The Labute approximate surface area is 96.5 Å². The molecule has 1 unspecified atom stereocenters. The summed E-state index contributed by atoms with van der Waals surface area (Å²) in [5, 5.41) is 0.813. The Kier molecular flexibility index (Phi) is 4.83. The Hall–Kier alpha value is -0.820. The summed E-state index contributed by atoms with van der Waals surface area (Å²) in [5.41, 5.74) is 1.17. The van der Waals surface area contributed by atoms with E-state index in [2.05, 4.69) is 13.0 Å². The van der Waals surface area contributed by atoms with E-state index in [4.69, 9.17) is 11.6 Å². The quantitative estimate of drug-likeness (QED) is 0.733. The van der Waals surface area contributed by atoms with Crippen molar-refractivity contribution in [3.8, 4) is 0 Å². The van der Waals surface area contributed by atoms with Crippen LogP contribution in [0.5, 0.6) is 0 Å². The van der Waals surface area contributed by atoms with Gasteiger partial charge in [0.1, 0.15) is 5.78 Å². The number of hydrogen-bond donors (Lipinski definition) is 0. The van der Waals surface area contributed by atoms with Crippen molar-refractivity contribution in [2.75, 3.05) is 0 Å². The number of carbonyl (C=O) groups is 1. The van der Waals surface area contributed by atoms with Crippen LogP contribution in [0, 0.1) is 0 Å². The van der Waals surface area contributed by atoms with Crippen molar-refractivity contribution in [1.82, 2.24) is 0 Å². The van der Waals surface area contributed by atoms with Crippen LogP contribution in [0.4, 0.5) is 0 Å². The highest BCUT2D eigenvalue weighted by molar-refractivity contribution is 6.31. The second kappa shape index (κ2) is 5.92. The van der Waals surface area contributed by atoms with Gasteiger partial charge >= 0.3 is 0 Å². The van der Waals surface area contributed by atoms with Crippen molar-refractivity contribution >= 4 is 17.4 Å². The molecule has 0 heterocycles. The van der Waals surface area contributed by atoms with E-state index in [1.54, 1.807) is 6.92 Å². The maximum atomic E-state index is 10.9. The van der Waals surface area contributed by atoms with Gasteiger partial charge in [0.2, 0.25) is 0 Å². The first-order valence-corrected chi connectivity index (χ1v) is 5.76. The fraction of sp³-hybridized carbons (Fsp3) is 0.462. The summed E-state index contributed by atoms with van der Waals surface area (Å²) < 4.78 is 0. The van der Waals surface area contributed by atoms with E-state index in [0.717, 1.165) is 17.9 Å². The van der Waals surface area contributed by atoms with Crippen molar-refractivity contribution in [3.05, 3.63) is 34.9 Å². The van der Waals surface area contributed by atoms with Crippen molar-refractivity contribution in [2.45, 2.75) is 39.0 Å². The summed E-state index contributed by atoms with van der Waals surface area (Å²) in [6.07, 6.45) is 2.57. The highest BCUT2D eigenvalue weighted by Crippen LogP contribution is 2.30. The molecule has 82 valence electrons. The van der Waals surface area contributed by atoms with E-state index in [1.165, 1.54) is 5.56 Å². The van der Waals surface area contributed by atoms with Crippen LogP contribution in [0.1, 0.15) is 44.6 Å². The molecule has 0 aliphatic rings. The molecule has 0 amide bonds. The number of Topliss-reactive ketones (excluding diaryl/α,β-unsaturated/α-hetero) is 1. The summed E-state index contributed by atoms with van der Waals surface area (Å²) in [5.74, 6) is 0.656. The van der Waals surface area contributed by atoms with Gasteiger partial charge in [-0.1, -0.05) is 36.7 Å². The number of hydrogen-bond acceptors (Lipinski definition) is 1. The summed E-state index contributed by atoms with van der Waals surface area (Å²) in [6.45, 7) is 3.77. The average Bonchev–Trinajstić information content (AvgIpc) is 2.21. The zero-order valence-electron chi connectivity index (χ0n) is 9.29. The van der Waals surface area contributed by atoms with Crippen LogP contribution < -0.4 is 0 Å². The van der Waals surface area contributed by atoms with Crippen LogP contribution in [0.15, 0.2) is 24.3 Å². The van der Waals surface area contributed by atoms with Crippen molar-refractivity contribution in [1.29, 1.82) is 0 Å². The molecule has 0 aliphatic carbocycles. The second-order valence-electron chi connectivity index (χ2n) is 3.87. The van der Waals surface area contributed by atoms with Crippen LogP contribution >= 0.6 is 11.6 Å². The number of halogens is 1. The number of benzene rings is 1. The topological polar surface area (TPSA) is 17.1 Å². The van der Waals surface area contributed by atoms with Crippen LogP contribution in [0.2, 0.25) is 5.02 Å². The molecular weight excluding hydrogens is 208 g/mol. The number of carbonyl (C=O) groups excluding carboxylic acids is 1. The fourth-order valence-electron chi connectivity index (χ4n) is 1.76. The number of rotatable bonds is 5. The van der Waals surface area contributed by atoms with Crippen molar-refractivity contribution < 1.29 is 4.79 Å². The van der Waals surface area contributed by atoms with Crippen molar-refractivity contribution in [3.63, 3.8) is 0 Å². The molecule has 1 atom stereocenters. The largest absolute Gasteiger partial charge is 0.300 e. The van der Waals surface area contributed by atoms with Crippen LogP contribution in [-0.4, -0.2) is 5.78 Å². The Bertz CT molecular complexity index is 333. The van der Waals surface area contributed by atoms with E-state index >= 15 is 0 Å². The third-order valence-corrected chi connectivity index (χ3v) is 3.03. The minimum absolute atomic E-state index is 0.250. The lowest BCUT2D eigenvalue weighted by Gasteiger charge is -2.15. The summed E-state index contributed by atoms with van der Waals surface area (Å²) in [4.78, 5) is 10.9. The zero-order valence-corrected chi connectivity index (χ0v) is 10.1. The summed E-state index contributed by atoms with van der Waals surface area (Å²) >= 11 is 6.13. The van der Waals surface area contributed by atoms with Gasteiger partial charge in [-0.25, -0.2) is 0 Å². The van der Waals surface area contributed by atoms with Gasteiger partial charge in [0.15, 0.2) is 0 Å². The predicted molar refractivity (Wildman–Crippen MR) is 64.4 cm³/mol. The van der Waals surface area contributed by atoms with E-state index in [1.807, 2.05) is 18.2 Å². The minimum atomic E-state index is 0.250. The van der Waals surface area contributed by atoms with Crippen LogP contribution in [-0.2, 0) is 4.79 Å². The van der Waals surface area contributed by atoms with Gasteiger partial charge in [-0.15, -0.1) is 0 Å². The Morgan fingerprint density at radius 1 is 1.40 bits per heavy atom. The molecule has 0 aromatic heterocycles. The molecule has 2 heteroatoms. The third kappa shape index (κ3) is 3.67. The lowest BCUT2D eigenvalue weighted by molar-refractivity contribution is -0.117.